The summed E-state index contributed by atoms with van der Waals surface area (Å²) in [4.78, 5) is 11.4. The van der Waals surface area contributed by atoms with E-state index in [0.717, 1.165) is 74.8 Å². The molecule has 9 aromatic carbocycles. The third kappa shape index (κ3) is 5.86. The minimum Gasteiger partial charge on any atom is -0.455 e. The fourth-order valence-corrected chi connectivity index (χ4v) is 13.3. The number of rotatable bonds is 5. The summed E-state index contributed by atoms with van der Waals surface area (Å²) in [7, 11) is 0. The van der Waals surface area contributed by atoms with Gasteiger partial charge in [-0.2, -0.15) is 0 Å². The molecule has 0 N–H and O–H groups in total. The van der Waals surface area contributed by atoms with E-state index in [0.29, 0.717) is 5.82 Å². The summed E-state index contributed by atoms with van der Waals surface area (Å²) in [6, 6.07) is 67.1. The van der Waals surface area contributed by atoms with Crippen molar-refractivity contribution in [3.63, 3.8) is 0 Å². The van der Waals surface area contributed by atoms with Gasteiger partial charge < -0.3 is 4.42 Å². The van der Waals surface area contributed by atoms with E-state index >= 15 is 0 Å². The number of fused-ring (bicyclic) bond motifs is 13. The van der Waals surface area contributed by atoms with Crippen molar-refractivity contribution in [3.05, 3.63) is 204 Å². The lowest BCUT2D eigenvalue weighted by atomic mass is 9.84. The molecule has 0 bridgehead atoms. The molecule has 0 fully saturated rings. The van der Waals surface area contributed by atoms with Crippen molar-refractivity contribution in [2.24, 2.45) is 0 Å². The molecular weight excluding hydrogens is 841 g/mol. The molecular formula is C61H40N2OS2. The van der Waals surface area contributed by atoms with E-state index < -0.39 is 0 Å². The van der Waals surface area contributed by atoms with Crippen molar-refractivity contribution in [3.8, 4) is 45.0 Å². The molecule has 5 heteroatoms. The standard InChI is InChI=1S/C61H40N2OS2/c1-2-41-58(38-24-27-48-46-18-8-11-21-54(46)65-56(48)33-38)62-61(63-59(41)39-25-28-49-47-19-9-12-22-55(47)66-57(49)34-39)52-32-40(31-51-45-17-7-10-20-53(45)64-60(51)52)42-26-23-37-29-35-13-3-4-14-36(35)30-50(37)44-16-6-5-15-43(42)44/h3-22,24-25,27-34,42H,2,23,26H2,1H3/t42-/m0/s1. The zero-order chi connectivity index (χ0) is 43.5. The molecule has 0 saturated carbocycles. The number of para-hydroxylation sites is 1. The summed E-state index contributed by atoms with van der Waals surface area (Å²) in [5.41, 5.74) is 14.5. The van der Waals surface area contributed by atoms with E-state index in [1.54, 1.807) is 0 Å². The predicted octanol–water partition coefficient (Wildman–Crippen LogP) is 17.6. The summed E-state index contributed by atoms with van der Waals surface area (Å²) in [6.07, 6.45) is 2.71. The topological polar surface area (TPSA) is 38.9 Å². The second-order valence-corrected chi connectivity index (χ2v) is 19.9. The minimum atomic E-state index is 0.133. The Morgan fingerprint density at radius 3 is 1.79 bits per heavy atom. The van der Waals surface area contributed by atoms with Gasteiger partial charge in [-0.25, -0.2) is 9.97 Å². The van der Waals surface area contributed by atoms with Crippen LogP contribution in [0.15, 0.2) is 186 Å². The van der Waals surface area contributed by atoms with Crippen LogP contribution in [0, 0.1) is 0 Å². The van der Waals surface area contributed by atoms with Crippen LogP contribution in [0.5, 0.6) is 0 Å². The maximum atomic E-state index is 6.92. The number of benzene rings is 9. The van der Waals surface area contributed by atoms with E-state index in [4.69, 9.17) is 14.4 Å². The first-order chi connectivity index (χ1) is 32.6. The van der Waals surface area contributed by atoms with Crippen LogP contribution >= 0.6 is 22.7 Å². The van der Waals surface area contributed by atoms with Crippen LogP contribution in [0.25, 0.3) is 118 Å². The van der Waals surface area contributed by atoms with Crippen molar-refractivity contribution in [1.29, 1.82) is 0 Å². The normalized spacial score (nSPS) is 13.9. The zero-order valence-corrected chi connectivity index (χ0v) is 37.8. The molecule has 0 radical (unpaired) electrons. The minimum absolute atomic E-state index is 0.133. The van der Waals surface area contributed by atoms with Crippen LogP contribution in [-0.2, 0) is 12.8 Å². The number of hydrogen-bond acceptors (Lipinski definition) is 5. The first-order valence-electron chi connectivity index (χ1n) is 22.9. The molecule has 0 spiro atoms. The number of hydrogen-bond donors (Lipinski definition) is 0. The van der Waals surface area contributed by atoms with Gasteiger partial charge in [0.15, 0.2) is 5.82 Å². The maximum absolute atomic E-state index is 6.92. The zero-order valence-electron chi connectivity index (χ0n) is 36.1. The monoisotopic (exact) mass is 880 g/mol. The van der Waals surface area contributed by atoms with Gasteiger partial charge in [0.2, 0.25) is 0 Å². The molecule has 0 unspecified atom stereocenters. The molecule has 3 nitrogen and oxygen atoms in total. The van der Waals surface area contributed by atoms with Crippen molar-refractivity contribution >= 4 is 95.7 Å². The van der Waals surface area contributed by atoms with Gasteiger partial charge >= 0.3 is 0 Å². The van der Waals surface area contributed by atoms with Gasteiger partial charge in [0.25, 0.3) is 0 Å². The predicted molar refractivity (Wildman–Crippen MR) is 280 cm³/mol. The molecule has 4 heterocycles. The van der Waals surface area contributed by atoms with Gasteiger partial charge in [-0.05, 0) is 106 Å². The van der Waals surface area contributed by atoms with Gasteiger partial charge in [-0.1, -0.05) is 140 Å². The van der Waals surface area contributed by atoms with Crippen LogP contribution in [0.3, 0.4) is 0 Å². The van der Waals surface area contributed by atoms with E-state index in [1.807, 2.05) is 22.7 Å². The Bertz CT molecular complexity index is 4000. The first-order valence-corrected chi connectivity index (χ1v) is 24.6. The number of nitrogens with zero attached hydrogens (tertiary/aromatic N) is 2. The molecule has 0 amide bonds. The van der Waals surface area contributed by atoms with E-state index in [9.17, 15) is 0 Å². The molecule has 1 aliphatic rings. The maximum Gasteiger partial charge on any atom is 0.164 e. The van der Waals surface area contributed by atoms with Crippen LogP contribution < -0.4 is 0 Å². The van der Waals surface area contributed by atoms with E-state index in [-0.39, 0.29) is 5.92 Å². The molecule has 0 aliphatic heterocycles. The smallest absolute Gasteiger partial charge is 0.164 e. The summed E-state index contributed by atoms with van der Waals surface area (Å²) in [6.45, 7) is 2.24. The molecule has 13 aromatic rings. The Balaban J connectivity index is 1.02. The van der Waals surface area contributed by atoms with E-state index in [2.05, 4.69) is 189 Å². The highest BCUT2D eigenvalue weighted by Crippen LogP contribution is 2.47. The lowest BCUT2D eigenvalue weighted by molar-refractivity contribution is 0.668. The lowest BCUT2D eigenvalue weighted by Gasteiger charge is -2.20. The molecule has 312 valence electrons. The highest BCUT2D eigenvalue weighted by Gasteiger charge is 2.28. The quantitative estimate of drug-likeness (QED) is 0.173. The Kier molecular flexibility index (Phi) is 8.49. The summed E-state index contributed by atoms with van der Waals surface area (Å²) in [5.74, 6) is 0.806. The summed E-state index contributed by atoms with van der Waals surface area (Å²) < 4.78 is 12.0. The number of aromatic nitrogens is 2. The lowest BCUT2D eigenvalue weighted by Crippen LogP contribution is -2.05. The second kappa shape index (κ2) is 14.8. The average Bonchev–Trinajstić information content (AvgIpc) is 4.03. The van der Waals surface area contributed by atoms with Gasteiger partial charge in [0.1, 0.15) is 11.2 Å². The fourth-order valence-electron chi connectivity index (χ4n) is 11.0. The molecule has 1 atom stereocenters. The van der Waals surface area contributed by atoms with Gasteiger partial charge in [0.05, 0.1) is 17.0 Å². The van der Waals surface area contributed by atoms with Crippen LogP contribution in [0.2, 0.25) is 0 Å². The summed E-state index contributed by atoms with van der Waals surface area (Å²) >= 11 is 3.69. The summed E-state index contributed by atoms with van der Waals surface area (Å²) in [5, 5.41) is 9.89. The van der Waals surface area contributed by atoms with Crippen molar-refractivity contribution in [2.75, 3.05) is 0 Å². The van der Waals surface area contributed by atoms with Gasteiger partial charge in [-0.15, -0.1) is 22.7 Å². The van der Waals surface area contributed by atoms with Crippen molar-refractivity contribution in [2.45, 2.75) is 32.1 Å². The van der Waals surface area contributed by atoms with Crippen LogP contribution in [0.1, 0.15) is 41.5 Å². The highest BCUT2D eigenvalue weighted by molar-refractivity contribution is 7.26. The molecule has 66 heavy (non-hydrogen) atoms. The third-order valence-electron chi connectivity index (χ3n) is 14.1. The van der Waals surface area contributed by atoms with Crippen molar-refractivity contribution < 1.29 is 4.42 Å². The molecule has 0 saturated heterocycles. The third-order valence-corrected chi connectivity index (χ3v) is 16.4. The van der Waals surface area contributed by atoms with Gasteiger partial charge in [-0.3, -0.25) is 0 Å². The first kappa shape index (κ1) is 37.9. The number of thiophene rings is 2. The molecule has 14 rings (SSSR count). The number of furan rings is 1. The second-order valence-electron chi connectivity index (χ2n) is 17.8. The van der Waals surface area contributed by atoms with Crippen molar-refractivity contribution in [1.82, 2.24) is 9.97 Å². The SMILES string of the molecule is CCc1c(-c2ccc3c(c2)sc2ccccc23)nc(-c2cc([C@@H]3CCc4cc5ccccc5cc4-c4ccccc43)cc3c2oc2ccccc23)nc1-c1ccc2c(c1)sc1ccccc12. The van der Waals surface area contributed by atoms with E-state index in [1.165, 1.54) is 78.9 Å². The Hall–Kier alpha value is -7.44. The van der Waals surface area contributed by atoms with Crippen LogP contribution in [0.4, 0.5) is 0 Å². The number of aryl methyl sites for hydroxylation is 1. The Morgan fingerprint density at radius 1 is 0.500 bits per heavy atom. The van der Waals surface area contributed by atoms with Crippen LogP contribution in [-0.4, -0.2) is 9.97 Å². The highest BCUT2D eigenvalue weighted by atomic mass is 32.1. The Labute approximate surface area is 389 Å². The molecule has 4 aromatic heterocycles. The Morgan fingerprint density at radius 2 is 1.09 bits per heavy atom. The van der Waals surface area contributed by atoms with Gasteiger partial charge in [0, 0.05) is 73.7 Å². The largest absolute Gasteiger partial charge is 0.455 e. The molecule has 1 aliphatic carbocycles. The average molecular weight is 881 g/mol. The fraction of sp³-hybridized carbons (Fsp3) is 0.0820.